The molecule has 0 saturated heterocycles. The molecule has 0 amide bonds. The molecule has 0 fully saturated rings. The minimum Gasteiger partial charge on any atom is -0.382 e. The van der Waals surface area contributed by atoms with E-state index >= 15 is 0 Å². The lowest BCUT2D eigenvalue weighted by molar-refractivity contribution is 0.0759. The van der Waals surface area contributed by atoms with Gasteiger partial charge in [-0.25, -0.2) is 4.39 Å². The van der Waals surface area contributed by atoms with Crippen LogP contribution in [0.2, 0.25) is 0 Å². The van der Waals surface area contributed by atoms with Crippen molar-refractivity contribution in [3.8, 4) is 6.07 Å². The highest BCUT2D eigenvalue weighted by Gasteiger charge is 2.06. The molecular formula is C12H15FN2O2. The Morgan fingerprint density at radius 3 is 2.88 bits per heavy atom. The summed E-state index contributed by atoms with van der Waals surface area (Å²) in [7, 11) is 1.60. The van der Waals surface area contributed by atoms with Gasteiger partial charge in [0, 0.05) is 13.7 Å². The number of benzene rings is 1. The van der Waals surface area contributed by atoms with Crippen LogP contribution in [-0.4, -0.2) is 33.5 Å². The maximum Gasteiger partial charge on any atom is 0.143 e. The third-order valence-corrected chi connectivity index (χ3v) is 2.12. The number of methoxy groups -OCH3 is 1. The Bertz CT molecular complexity index is 391. The number of halogens is 1. The Balaban J connectivity index is 2.37. The summed E-state index contributed by atoms with van der Waals surface area (Å²) in [4.78, 5) is 0. The summed E-state index contributed by atoms with van der Waals surface area (Å²) < 4.78 is 23.3. The lowest BCUT2D eigenvalue weighted by atomic mass is 10.2. The molecule has 0 aliphatic rings. The molecule has 0 radical (unpaired) electrons. The van der Waals surface area contributed by atoms with E-state index in [1.54, 1.807) is 19.2 Å². The van der Waals surface area contributed by atoms with E-state index < -0.39 is 5.82 Å². The van der Waals surface area contributed by atoms with Gasteiger partial charge < -0.3 is 14.8 Å². The quantitative estimate of drug-likeness (QED) is 0.735. The molecule has 1 rings (SSSR count). The van der Waals surface area contributed by atoms with Gasteiger partial charge in [-0.2, -0.15) is 5.26 Å². The predicted octanol–water partition coefficient (Wildman–Crippen LogP) is 1.77. The zero-order valence-corrected chi connectivity index (χ0v) is 9.70. The van der Waals surface area contributed by atoms with Crippen molar-refractivity contribution in [3.05, 3.63) is 29.6 Å². The SMILES string of the molecule is COCCOCCNc1cccc(F)c1C#N. The number of nitriles is 1. The molecular weight excluding hydrogens is 223 g/mol. The van der Waals surface area contributed by atoms with Crippen molar-refractivity contribution in [1.82, 2.24) is 0 Å². The van der Waals surface area contributed by atoms with Gasteiger partial charge in [0.1, 0.15) is 17.4 Å². The molecule has 1 aromatic rings. The van der Waals surface area contributed by atoms with E-state index in [0.29, 0.717) is 32.1 Å². The third kappa shape index (κ3) is 4.39. The summed E-state index contributed by atoms with van der Waals surface area (Å²) in [6.07, 6.45) is 0. The first kappa shape index (κ1) is 13.4. The summed E-state index contributed by atoms with van der Waals surface area (Å²) in [5.74, 6) is -0.516. The van der Waals surface area contributed by atoms with Gasteiger partial charge in [0.05, 0.1) is 25.5 Å². The van der Waals surface area contributed by atoms with E-state index in [4.69, 9.17) is 14.7 Å². The van der Waals surface area contributed by atoms with E-state index in [0.717, 1.165) is 0 Å². The van der Waals surface area contributed by atoms with Crippen molar-refractivity contribution in [2.45, 2.75) is 0 Å². The van der Waals surface area contributed by atoms with Crippen LogP contribution in [0, 0.1) is 17.1 Å². The standard InChI is InChI=1S/C12H15FN2O2/c1-16-7-8-17-6-5-15-12-4-2-3-11(13)10(12)9-14/h2-4,15H,5-8H2,1H3. The number of hydrogen-bond acceptors (Lipinski definition) is 4. The van der Waals surface area contributed by atoms with Crippen LogP contribution < -0.4 is 5.32 Å². The summed E-state index contributed by atoms with van der Waals surface area (Å²) in [6, 6.07) is 6.31. The minimum absolute atomic E-state index is 0.0318. The number of nitrogens with one attached hydrogen (secondary N) is 1. The van der Waals surface area contributed by atoms with Gasteiger partial charge in [0.25, 0.3) is 0 Å². The Labute approximate surface area is 100.0 Å². The zero-order valence-electron chi connectivity index (χ0n) is 9.70. The predicted molar refractivity (Wildman–Crippen MR) is 62.3 cm³/mol. The fraction of sp³-hybridized carbons (Fsp3) is 0.417. The molecule has 0 heterocycles. The average molecular weight is 238 g/mol. The summed E-state index contributed by atoms with van der Waals surface area (Å²) in [5, 5.41) is 11.7. The molecule has 0 aliphatic carbocycles. The highest BCUT2D eigenvalue weighted by molar-refractivity contribution is 5.57. The topological polar surface area (TPSA) is 54.3 Å². The molecule has 17 heavy (non-hydrogen) atoms. The van der Waals surface area contributed by atoms with E-state index in [1.807, 2.05) is 6.07 Å². The lowest BCUT2D eigenvalue weighted by Gasteiger charge is -2.08. The van der Waals surface area contributed by atoms with Crippen LogP contribution in [0.15, 0.2) is 18.2 Å². The second-order valence-corrected chi connectivity index (χ2v) is 3.31. The van der Waals surface area contributed by atoms with Crippen molar-refractivity contribution >= 4 is 5.69 Å². The summed E-state index contributed by atoms with van der Waals surface area (Å²) >= 11 is 0. The molecule has 0 atom stereocenters. The van der Waals surface area contributed by atoms with Crippen molar-refractivity contribution in [1.29, 1.82) is 5.26 Å². The van der Waals surface area contributed by atoms with Crippen LogP contribution in [0.5, 0.6) is 0 Å². The molecule has 0 saturated carbocycles. The van der Waals surface area contributed by atoms with Gasteiger partial charge in [-0.1, -0.05) is 6.07 Å². The van der Waals surface area contributed by atoms with Crippen LogP contribution in [0.4, 0.5) is 10.1 Å². The van der Waals surface area contributed by atoms with Crippen molar-refractivity contribution in [2.75, 3.05) is 38.8 Å². The maximum atomic E-state index is 13.2. The third-order valence-electron chi connectivity index (χ3n) is 2.12. The van der Waals surface area contributed by atoms with Gasteiger partial charge in [-0.15, -0.1) is 0 Å². The number of rotatable bonds is 7. The Morgan fingerprint density at radius 1 is 1.35 bits per heavy atom. The molecule has 0 spiro atoms. The summed E-state index contributed by atoms with van der Waals surface area (Å²) in [6.45, 7) is 2.06. The normalized spacial score (nSPS) is 9.94. The van der Waals surface area contributed by atoms with Crippen LogP contribution in [0.1, 0.15) is 5.56 Å². The molecule has 0 aliphatic heterocycles. The fourth-order valence-electron chi connectivity index (χ4n) is 1.29. The second kappa shape index (κ2) is 7.60. The van der Waals surface area contributed by atoms with E-state index in [-0.39, 0.29) is 5.56 Å². The minimum atomic E-state index is -0.516. The number of anilines is 1. The smallest absolute Gasteiger partial charge is 0.143 e. The van der Waals surface area contributed by atoms with Crippen LogP contribution in [-0.2, 0) is 9.47 Å². The molecule has 1 N–H and O–H groups in total. The van der Waals surface area contributed by atoms with Gasteiger partial charge in [-0.3, -0.25) is 0 Å². The number of ether oxygens (including phenoxy) is 2. The lowest BCUT2D eigenvalue weighted by Crippen LogP contribution is -2.12. The van der Waals surface area contributed by atoms with Gasteiger partial charge >= 0.3 is 0 Å². The Kier molecular flexibility index (Phi) is 6.00. The molecule has 5 heteroatoms. The van der Waals surface area contributed by atoms with Crippen molar-refractivity contribution in [3.63, 3.8) is 0 Å². The van der Waals surface area contributed by atoms with Gasteiger partial charge in [0.2, 0.25) is 0 Å². The number of nitrogens with zero attached hydrogens (tertiary/aromatic N) is 1. The fourth-order valence-corrected chi connectivity index (χ4v) is 1.29. The molecule has 0 aromatic heterocycles. The van der Waals surface area contributed by atoms with Crippen LogP contribution in [0.25, 0.3) is 0 Å². The zero-order chi connectivity index (χ0) is 12.5. The first-order valence-electron chi connectivity index (χ1n) is 5.28. The van der Waals surface area contributed by atoms with Crippen molar-refractivity contribution in [2.24, 2.45) is 0 Å². The van der Waals surface area contributed by atoms with E-state index in [2.05, 4.69) is 5.32 Å². The second-order valence-electron chi connectivity index (χ2n) is 3.31. The average Bonchev–Trinajstić information content (AvgIpc) is 2.34. The number of hydrogen-bond donors (Lipinski definition) is 1. The van der Waals surface area contributed by atoms with Crippen LogP contribution in [0.3, 0.4) is 0 Å². The Morgan fingerprint density at radius 2 is 2.18 bits per heavy atom. The highest BCUT2D eigenvalue weighted by Crippen LogP contribution is 2.17. The van der Waals surface area contributed by atoms with Crippen LogP contribution >= 0.6 is 0 Å². The van der Waals surface area contributed by atoms with E-state index in [9.17, 15) is 4.39 Å². The maximum absolute atomic E-state index is 13.2. The van der Waals surface area contributed by atoms with Crippen molar-refractivity contribution < 1.29 is 13.9 Å². The Hall–Kier alpha value is -1.64. The van der Waals surface area contributed by atoms with Gasteiger partial charge in [-0.05, 0) is 12.1 Å². The monoisotopic (exact) mass is 238 g/mol. The molecule has 0 unspecified atom stereocenters. The molecule has 0 bridgehead atoms. The van der Waals surface area contributed by atoms with E-state index in [1.165, 1.54) is 6.07 Å². The summed E-state index contributed by atoms with van der Waals surface area (Å²) in [5.41, 5.74) is 0.521. The molecule has 4 nitrogen and oxygen atoms in total. The molecule has 92 valence electrons. The highest BCUT2D eigenvalue weighted by atomic mass is 19.1. The largest absolute Gasteiger partial charge is 0.382 e. The first-order chi connectivity index (χ1) is 8.29. The molecule has 1 aromatic carbocycles. The first-order valence-corrected chi connectivity index (χ1v) is 5.28. The van der Waals surface area contributed by atoms with Gasteiger partial charge in [0.15, 0.2) is 0 Å².